The molecular weight excluding hydrogens is 416 g/mol. The lowest BCUT2D eigenvalue weighted by molar-refractivity contribution is 0.100. The molecule has 2 aromatic carbocycles. The predicted octanol–water partition coefficient (Wildman–Crippen LogP) is 5.13. The maximum atomic E-state index is 13.6. The highest BCUT2D eigenvalue weighted by atomic mass is 35.5. The number of anilines is 1. The van der Waals surface area contributed by atoms with E-state index in [1.165, 1.54) is 12.1 Å². The topological polar surface area (TPSA) is 82.2 Å². The van der Waals surface area contributed by atoms with Crippen LogP contribution in [0.1, 0.15) is 24.2 Å². The van der Waals surface area contributed by atoms with Crippen molar-refractivity contribution in [3.63, 3.8) is 0 Å². The molecule has 0 unspecified atom stereocenters. The van der Waals surface area contributed by atoms with Gasteiger partial charge >= 0.3 is 0 Å². The molecule has 6 nitrogen and oxygen atoms in total. The Hall–Kier alpha value is -2.90. The number of carbonyl (C=O) groups excluding carboxylic acids is 1. The number of rotatable bonds is 4. The fraction of sp³-hybridized carbons (Fsp3) is 0.150. The molecule has 3 N–H and O–H groups in total. The first kappa shape index (κ1) is 20.8. The summed E-state index contributed by atoms with van der Waals surface area (Å²) in [6, 6.07) is 12.8. The Kier molecular flexibility index (Phi) is 6.51. The number of halogens is 3. The summed E-state index contributed by atoms with van der Waals surface area (Å²) in [5, 5.41) is 13.7. The lowest BCUT2D eigenvalue weighted by atomic mass is 10.1. The smallest absolute Gasteiger partial charge is 0.280 e. The molecule has 0 bridgehead atoms. The van der Waals surface area contributed by atoms with E-state index in [9.17, 15) is 9.18 Å². The minimum absolute atomic E-state index is 0.00494. The van der Waals surface area contributed by atoms with Crippen LogP contribution in [0.15, 0.2) is 53.5 Å². The van der Waals surface area contributed by atoms with Crippen LogP contribution < -0.4 is 10.6 Å². The highest BCUT2D eigenvalue weighted by Crippen LogP contribution is 2.22. The molecule has 0 radical (unpaired) electrons. The van der Waals surface area contributed by atoms with Crippen LogP contribution in [-0.2, 0) is 0 Å². The van der Waals surface area contributed by atoms with Crippen LogP contribution in [-0.4, -0.2) is 28.1 Å². The van der Waals surface area contributed by atoms with E-state index >= 15 is 0 Å². The van der Waals surface area contributed by atoms with Gasteiger partial charge in [-0.05, 0) is 44.2 Å². The second kappa shape index (κ2) is 9.07. The third-order valence-electron chi connectivity index (χ3n) is 3.78. The molecule has 3 rings (SSSR count). The van der Waals surface area contributed by atoms with Gasteiger partial charge in [0.15, 0.2) is 0 Å². The molecule has 29 heavy (non-hydrogen) atoms. The number of hydrogen-bond donors (Lipinski definition) is 3. The molecule has 0 saturated carbocycles. The van der Waals surface area contributed by atoms with Crippen molar-refractivity contribution in [3.8, 4) is 11.3 Å². The van der Waals surface area contributed by atoms with Gasteiger partial charge in [-0.3, -0.25) is 9.89 Å². The number of nitrogens with one attached hydrogen (secondary N) is 3. The largest absolute Gasteiger partial charge is 0.354 e. The zero-order valence-corrected chi connectivity index (χ0v) is 17.1. The minimum Gasteiger partial charge on any atom is -0.354 e. The molecule has 150 valence electrons. The van der Waals surface area contributed by atoms with Gasteiger partial charge in [0.25, 0.3) is 5.91 Å². The van der Waals surface area contributed by atoms with E-state index in [0.29, 0.717) is 16.5 Å². The number of hydrogen-bond acceptors (Lipinski definition) is 2. The second-order valence-corrected chi connectivity index (χ2v) is 7.34. The summed E-state index contributed by atoms with van der Waals surface area (Å²) in [5.74, 6) is -0.572. The Morgan fingerprint density at radius 2 is 1.86 bits per heavy atom. The van der Waals surface area contributed by atoms with Gasteiger partial charge in [-0.1, -0.05) is 35.3 Å². The average Bonchev–Trinajstić information content (AvgIpc) is 3.12. The number of H-pyrrole nitrogens is 1. The molecule has 0 atom stereocenters. The summed E-state index contributed by atoms with van der Waals surface area (Å²) in [6.45, 7) is 3.80. The van der Waals surface area contributed by atoms with Crippen molar-refractivity contribution in [1.29, 1.82) is 0 Å². The van der Waals surface area contributed by atoms with Crippen LogP contribution in [0.4, 0.5) is 10.2 Å². The lowest BCUT2D eigenvalue weighted by Gasteiger charge is -2.13. The van der Waals surface area contributed by atoms with Gasteiger partial charge in [-0.2, -0.15) is 10.1 Å². The van der Waals surface area contributed by atoms with Gasteiger partial charge < -0.3 is 10.6 Å². The Bertz CT molecular complexity index is 1050. The fourth-order valence-corrected chi connectivity index (χ4v) is 2.69. The second-order valence-electron chi connectivity index (χ2n) is 6.49. The van der Waals surface area contributed by atoms with E-state index < -0.39 is 11.7 Å². The minimum atomic E-state index is -0.680. The number of guanidine groups is 1. The van der Waals surface area contributed by atoms with Gasteiger partial charge in [-0.15, -0.1) is 0 Å². The SMILES string of the molecule is CC(C)N/C(=N/C(=O)c1ccc(Cl)c(F)c1)Nc1cc(-c2ccc(Cl)cc2)n[nH]1. The average molecular weight is 434 g/mol. The van der Waals surface area contributed by atoms with E-state index in [1.807, 2.05) is 26.0 Å². The van der Waals surface area contributed by atoms with Crippen LogP contribution in [0.25, 0.3) is 11.3 Å². The first-order valence-corrected chi connectivity index (χ1v) is 9.50. The van der Waals surface area contributed by atoms with Crippen molar-refractivity contribution in [2.24, 2.45) is 4.99 Å². The van der Waals surface area contributed by atoms with E-state index in [2.05, 4.69) is 25.8 Å². The van der Waals surface area contributed by atoms with Crippen molar-refractivity contribution >= 4 is 40.9 Å². The molecule has 1 heterocycles. The van der Waals surface area contributed by atoms with Crippen molar-refractivity contribution in [3.05, 3.63) is 70.0 Å². The number of amides is 1. The van der Waals surface area contributed by atoms with Crippen molar-refractivity contribution in [2.75, 3.05) is 5.32 Å². The maximum absolute atomic E-state index is 13.6. The standard InChI is InChI=1S/C20H18Cl2FN5O/c1-11(2)24-20(26-19(29)13-5-8-15(22)16(23)9-13)25-18-10-17(27-28-18)12-3-6-14(21)7-4-12/h3-11H,1-2H3,(H3,24,25,26,27,28,29). The van der Waals surface area contributed by atoms with Crippen molar-refractivity contribution < 1.29 is 9.18 Å². The van der Waals surface area contributed by atoms with E-state index in [-0.39, 0.29) is 22.6 Å². The summed E-state index contributed by atoms with van der Waals surface area (Å²) < 4.78 is 13.6. The molecule has 0 fully saturated rings. The van der Waals surface area contributed by atoms with Gasteiger partial charge in [0, 0.05) is 28.3 Å². The first-order valence-electron chi connectivity index (χ1n) is 8.75. The van der Waals surface area contributed by atoms with Gasteiger partial charge in [0.2, 0.25) is 5.96 Å². The van der Waals surface area contributed by atoms with Crippen LogP contribution in [0.5, 0.6) is 0 Å². The molecule has 1 aromatic heterocycles. The monoisotopic (exact) mass is 433 g/mol. The van der Waals surface area contributed by atoms with Crippen molar-refractivity contribution in [1.82, 2.24) is 15.5 Å². The maximum Gasteiger partial charge on any atom is 0.280 e. The molecule has 0 aliphatic rings. The van der Waals surface area contributed by atoms with E-state index in [0.717, 1.165) is 11.6 Å². The number of aromatic amines is 1. The molecule has 3 aromatic rings. The summed E-state index contributed by atoms with van der Waals surface area (Å²) in [7, 11) is 0. The Labute approximate surface area is 177 Å². The summed E-state index contributed by atoms with van der Waals surface area (Å²) >= 11 is 11.6. The zero-order chi connectivity index (χ0) is 21.0. The highest BCUT2D eigenvalue weighted by molar-refractivity contribution is 6.31. The van der Waals surface area contributed by atoms with Crippen LogP contribution in [0, 0.1) is 5.82 Å². The van der Waals surface area contributed by atoms with Crippen molar-refractivity contribution in [2.45, 2.75) is 19.9 Å². The van der Waals surface area contributed by atoms with E-state index in [1.54, 1.807) is 18.2 Å². The third kappa shape index (κ3) is 5.56. The third-order valence-corrected chi connectivity index (χ3v) is 4.33. The Morgan fingerprint density at radius 3 is 2.52 bits per heavy atom. The van der Waals surface area contributed by atoms with Gasteiger partial charge in [-0.25, -0.2) is 4.39 Å². The van der Waals surface area contributed by atoms with Gasteiger partial charge in [0.05, 0.1) is 10.7 Å². The van der Waals surface area contributed by atoms with Crippen LogP contribution in [0.2, 0.25) is 10.0 Å². The van der Waals surface area contributed by atoms with Crippen LogP contribution in [0.3, 0.4) is 0 Å². The summed E-state index contributed by atoms with van der Waals surface area (Å²) in [4.78, 5) is 16.5. The van der Waals surface area contributed by atoms with Crippen LogP contribution >= 0.6 is 23.2 Å². The molecule has 0 spiro atoms. The quantitative estimate of drug-likeness (QED) is 0.393. The number of aliphatic imine (C=N–C) groups is 1. The number of aromatic nitrogens is 2. The zero-order valence-electron chi connectivity index (χ0n) is 15.6. The molecule has 1 amide bonds. The number of nitrogens with zero attached hydrogens (tertiary/aromatic N) is 2. The number of carbonyl (C=O) groups is 1. The first-order chi connectivity index (χ1) is 13.8. The Morgan fingerprint density at radius 1 is 1.14 bits per heavy atom. The lowest BCUT2D eigenvalue weighted by Crippen LogP contribution is -2.36. The molecule has 9 heteroatoms. The highest BCUT2D eigenvalue weighted by Gasteiger charge is 2.12. The fourth-order valence-electron chi connectivity index (χ4n) is 2.45. The predicted molar refractivity (Wildman–Crippen MR) is 114 cm³/mol. The summed E-state index contributed by atoms with van der Waals surface area (Å²) in [5.41, 5.74) is 1.66. The summed E-state index contributed by atoms with van der Waals surface area (Å²) in [6.07, 6.45) is 0. The number of benzene rings is 2. The van der Waals surface area contributed by atoms with E-state index in [4.69, 9.17) is 23.2 Å². The molecule has 0 aliphatic heterocycles. The normalized spacial score (nSPS) is 11.6. The Balaban J connectivity index is 1.82. The molecule has 0 saturated heterocycles. The van der Waals surface area contributed by atoms with Gasteiger partial charge in [0.1, 0.15) is 11.6 Å². The molecular formula is C20H18Cl2FN5O. The molecule has 0 aliphatic carbocycles.